The van der Waals surface area contributed by atoms with Crippen LogP contribution in [0.2, 0.25) is 0 Å². The summed E-state index contributed by atoms with van der Waals surface area (Å²) in [6.45, 7) is 0.132. The molecule has 7 nitrogen and oxygen atoms in total. The van der Waals surface area contributed by atoms with Gasteiger partial charge in [0.25, 0.3) is 5.69 Å². The van der Waals surface area contributed by atoms with Crippen LogP contribution in [-0.4, -0.2) is 15.1 Å². The van der Waals surface area contributed by atoms with E-state index in [0.717, 1.165) is 0 Å². The lowest BCUT2D eigenvalue weighted by atomic mass is 10.1. The van der Waals surface area contributed by atoms with Crippen molar-refractivity contribution in [2.45, 2.75) is 6.54 Å². The molecule has 0 spiro atoms. The van der Waals surface area contributed by atoms with Crippen LogP contribution >= 0.6 is 12.4 Å². The zero-order valence-corrected chi connectivity index (χ0v) is 11.6. The molecule has 0 fully saturated rings. The predicted octanol–water partition coefficient (Wildman–Crippen LogP) is 2.62. The minimum atomic E-state index is -0.557. The second-order valence-corrected chi connectivity index (χ2v) is 4.16. The molecule has 112 valence electrons. The Morgan fingerprint density at radius 2 is 1.90 bits per heavy atom. The van der Waals surface area contributed by atoms with E-state index in [9.17, 15) is 20.3 Å². The lowest BCUT2D eigenvalue weighted by molar-refractivity contribution is -0.384. The number of hydrogen-bond donors (Lipinski definition) is 4. The zero-order chi connectivity index (χ0) is 14.7. The number of aromatic hydroxyl groups is 2. The summed E-state index contributed by atoms with van der Waals surface area (Å²) in [5.74, 6) is -0.105. The van der Waals surface area contributed by atoms with Crippen LogP contribution in [0.1, 0.15) is 5.56 Å². The number of phenolic OH excluding ortho intramolecular Hbond substituents is 2. The maximum Gasteiger partial charge on any atom is 0.271 e. The van der Waals surface area contributed by atoms with Crippen molar-refractivity contribution < 1.29 is 15.1 Å². The van der Waals surface area contributed by atoms with Gasteiger partial charge in [-0.3, -0.25) is 10.1 Å². The topological polar surface area (TPSA) is 122 Å². The molecule has 0 aliphatic rings. The van der Waals surface area contributed by atoms with Gasteiger partial charge in [-0.2, -0.15) is 0 Å². The van der Waals surface area contributed by atoms with E-state index in [1.807, 2.05) is 0 Å². The normalized spacial score (nSPS) is 9.71. The molecule has 0 aromatic heterocycles. The molecule has 2 aromatic carbocycles. The molecule has 21 heavy (non-hydrogen) atoms. The first-order valence-corrected chi connectivity index (χ1v) is 5.76. The molecule has 0 radical (unpaired) electrons. The Balaban J connectivity index is 0.00000220. The van der Waals surface area contributed by atoms with Gasteiger partial charge in [-0.05, 0) is 18.2 Å². The highest BCUT2D eigenvalue weighted by Gasteiger charge is 2.11. The fraction of sp³-hybridized carbons (Fsp3) is 0.0769. The molecule has 5 N–H and O–H groups in total. The Labute approximate surface area is 126 Å². The van der Waals surface area contributed by atoms with Crippen molar-refractivity contribution in [3.8, 4) is 11.5 Å². The SMILES string of the molecule is Cl.Nc1cccc(O)c1CNc1cc([N+](=O)[O-])ccc1O. The van der Waals surface area contributed by atoms with E-state index in [0.29, 0.717) is 11.3 Å². The van der Waals surface area contributed by atoms with Crippen LogP contribution in [0, 0.1) is 10.1 Å². The average Bonchev–Trinajstić information content (AvgIpc) is 2.39. The number of non-ortho nitro benzene ring substituents is 1. The first kappa shape index (κ1) is 16.4. The van der Waals surface area contributed by atoms with E-state index in [2.05, 4.69) is 5.32 Å². The number of nitro benzene ring substituents is 1. The van der Waals surface area contributed by atoms with Crippen molar-refractivity contribution in [1.29, 1.82) is 0 Å². The molecule has 2 rings (SSSR count). The summed E-state index contributed by atoms with van der Waals surface area (Å²) >= 11 is 0. The van der Waals surface area contributed by atoms with Gasteiger partial charge in [0.05, 0.1) is 10.6 Å². The van der Waals surface area contributed by atoms with Gasteiger partial charge in [0.2, 0.25) is 0 Å². The molecule has 0 bridgehead atoms. The van der Waals surface area contributed by atoms with Crippen LogP contribution in [-0.2, 0) is 6.54 Å². The van der Waals surface area contributed by atoms with Gasteiger partial charge >= 0.3 is 0 Å². The summed E-state index contributed by atoms with van der Waals surface area (Å²) < 4.78 is 0. The van der Waals surface area contributed by atoms with Crippen LogP contribution in [0.5, 0.6) is 11.5 Å². The highest BCUT2D eigenvalue weighted by Crippen LogP contribution is 2.30. The largest absolute Gasteiger partial charge is 0.508 e. The maximum atomic E-state index is 10.7. The average molecular weight is 312 g/mol. The van der Waals surface area contributed by atoms with Gasteiger partial charge in [-0.1, -0.05) is 6.07 Å². The Hall–Kier alpha value is -2.67. The lowest BCUT2D eigenvalue weighted by Crippen LogP contribution is -2.04. The lowest BCUT2D eigenvalue weighted by Gasteiger charge is -2.11. The van der Waals surface area contributed by atoms with E-state index < -0.39 is 4.92 Å². The third-order valence-electron chi connectivity index (χ3n) is 2.83. The van der Waals surface area contributed by atoms with Gasteiger partial charge < -0.3 is 21.3 Å². The summed E-state index contributed by atoms with van der Waals surface area (Å²) in [5.41, 5.74) is 6.63. The van der Waals surface area contributed by atoms with Crippen LogP contribution in [0.3, 0.4) is 0 Å². The first-order valence-electron chi connectivity index (χ1n) is 5.76. The van der Waals surface area contributed by atoms with E-state index in [1.54, 1.807) is 12.1 Å². The second kappa shape index (κ2) is 6.67. The molecule has 0 aliphatic heterocycles. The molecule has 8 heteroatoms. The number of nitrogens with zero attached hydrogens (tertiary/aromatic N) is 1. The first-order chi connectivity index (χ1) is 9.49. The van der Waals surface area contributed by atoms with Crippen molar-refractivity contribution in [2.75, 3.05) is 11.1 Å². The Bertz CT molecular complexity index is 644. The van der Waals surface area contributed by atoms with Gasteiger partial charge in [-0.15, -0.1) is 12.4 Å². The third-order valence-corrected chi connectivity index (χ3v) is 2.83. The van der Waals surface area contributed by atoms with Crippen molar-refractivity contribution in [1.82, 2.24) is 0 Å². The maximum absolute atomic E-state index is 10.7. The van der Waals surface area contributed by atoms with Crippen molar-refractivity contribution in [3.63, 3.8) is 0 Å². The van der Waals surface area contributed by atoms with E-state index in [1.165, 1.54) is 24.3 Å². The molecule has 0 amide bonds. The fourth-order valence-electron chi connectivity index (χ4n) is 1.75. The summed E-state index contributed by atoms with van der Waals surface area (Å²) in [6, 6.07) is 8.37. The minimum absolute atomic E-state index is 0. The van der Waals surface area contributed by atoms with Gasteiger partial charge in [-0.25, -0.2) is 0 Å². The minimum Gasteiger partial charge on any atom is -0.508 e. The molecule has 0 unspecified atom stereocenters. The number of phenols is 2. The highest BCUT2D eigenvalue weighted by atomic mass is 35.5. The molecule has 0 heterocycles. The molecular formula is C13H14ClN3O4. The monoisotopic (exact) mass is 311 g/mol. The van der Waals surface area contributed by atoms with Crippen LogP contribution in [0.15, 0.2) is 36.4 Å². The van der Waals surface area contributed by atoms with E-state index >= 15 is 0 Å². The van der Waals surface area contributed by atoms with E-state index in [-0.39, 0.29) is 41.8 Å². The summed E-state index contributed by atoms with van der Waals surface area (Å²) in [5, 5.41) is 32.8. The summed E-state index contributed by atoms with van der Waals surface area (Å²) in [7, 11) is 0. The smallest absolute Gasteiger partial charge is 0.271 e. The quantitative estimate of drug-likeness (QED) is 0.298. The number of nitrogens with one attached hydrogen (secondary N) is 1. The van der Waals surface area contributed by atoms with Gasteiger partial charge in [0.1, 0.15) is 11.5 Å². The Kier molecular flexibility index (Phi) is 5.20. The second-order valence-electron chi connectivity index (χ2n) is 4.16. The van der Waals surface area contributed by atoms with Crippen LogP contribution in [0.4, 0.5) is 17.1 Å². The van der Waals surface area contributed by atoms with Crippen LogP contribution < -0.4 is 11.1 Å². The Morgan fingerprint density at radius 1 is 1.19 bits per heavy atom. The Morgan fingerprint density at radius 3 is 2.52 bits per heavy atom. The van der Waals surface area contributed by atoms with Crippen molar-refractivity contribution in [2.24, 2.45) is 0 Å². The number of nitrogens with two attached hydrogens (primary N) is 1. The number of hydrogen-bond acceptors (Lipinski definition) is 6. The highest BCUT2D eigenvalue weighted by molar-refractivity contribution is 5.85. The number of rotatable bonds is 4. The number of benzene rings is 2. The molecular weight excluding hydrogens is 298 g/mol. The van der Waals surface area contributed by atoms with E-state index in [4.69, 9.17) is 5.73 Å². The third kappa shape index (κ3) is 3.67. The number of anilines is 2. The van der Waals surface area contributed by atoms with Crippen molar-refractivity contribution in [3.05, 3.63) is 52.1 Å². The van der Waals surface area contributed by atoms with Gasteiger partial charge in [0.15, 0.2) is 0 Å². The molecule has 0 saturated heterocycles. The number of nitrogen functional groups attached to an aromatic ring is 1. The molecule has 0 aliphatic carbocycles. The fourth-order valence-corrected chi connectivity index (χ4v) is 1.75. The molecule has 0 atom stereocenters. The number of nitro groups is 1. The molecule has 2 aromatic rings. The van der Waals surface area contributed by atoms with Gasteiger partial charge in [0, 0.05) is 29.9 Å². The summed E-state index contributed by atoms with van der Waals surface area (Å²) in [6.07, 6.45) is 0. The molecule has 0 saturated carbocycles. The summed E-state index contributed by atoms with van der Waals surface area (Å²) in [4.78, 5) is 10.1. The van der Waals surface area contributed by atoms with Crippen LogP contribution in [0.25, 0.3) is 0 Å². The standard InChI is InChI=1S/C13H13N3O4.ClH/c14-10-2-1-3-12(17)9(10)7-15-11-6-8(16(19)20)4-5-13(11)18;/h1-6,15,17-18H,7,14H2;1H. The predicted molar refractivity (Wildman–Crippen MR) is 81.9 cm³/mol. The van der Waals surface area contributed by atoms with Crippen molar-refractivity contribution >= 4 is 29.5 Å². The number of halogens is 1. The zero-order valence-electron chi connectivity index (χ0n) is 10.8.